The van der Waals surface area contributed by atoms with Crippen LogP contribution in [0.1, 0.15) is 22.9 Å². The molecule has 2 heterocycles. The van der Waals surface area contributed by atoms with Gasteiger partial charge in [-0.3, -0.25) is 0 Å². The van der Waals surface area contributed by atoms with Crippen LogP contribution in [-0.2, 0) is 16.4 Å². The molecule has 2 aromatic rings. The molecule has 6 heteroatoms. The normalized spacial score (nSPS) is 21.1. The number of thiazole rings is 1. The van der Waals surface area contributed by atoms with E-state index in [0.29, 0.717) is 13.0 Å². The highest BCUT2D eigenvalue weighted by atomic mass is 32.2. The third-order valence-corrected chi connectivity index (χ3v) is 6.36. The van der Waals surface area contributed by atoms with Crippen LogP contribution < -0.4 is 5.73 Å². The maximum Gasteiger partial charge on any atom is 0.151 e. The molecule has 1 saturated heterocycles. The van der Waals surface area contributed by atoms with E-state index in [2.05, 4.69) is 4.98 Å². The van der Waals surface area contributed by atoms with E-state index in [-0.39, 0.29) is 17.4 Å². The fourth-order valence-electron chi connectivity index (χ4n) is 2.41. The number of nitrogens with zero attached hydrogens (tertiary/aromatic N) is 1. The molecule has 2 N–H and O–H groups in total. The van der Waals surface area contributed by atoms with Crippen molar-refractivity contribution < 1.29 is 8.42 Å². The molecule has 1 atom stereocenters. The van der Waals surface area contributed by atoms with Crippen LogP contribution in [0, 0.1) is 0 Å². The molecule has 1 aromatic carbocycles. The maximum atomic E-state index is 11.5. The molecule has 0 aliphatic carbocycles. The molecule has 0 amide bonds. The Hall–Kier alpha value is -1.24. The third-order valence-electron chi connectivity index (χ3n) is 3.59. The van der Waals surface area contributed by atoms with Gasteiger partial charge in [-0.05, 0) is 12.0 Å². The van der Waals surface area contributed by atoms with Crippen LogP contribution in [0.5, 0.6) is 0 Å². The molecule has 1 aliphatic rings. The van der Waals surface area contributed by atoms with Gasteiger partial charge in [-0.25, -0.2) is 13.4 Å². The van der Waals surface area contributed by atoms with Crippen LogP contribution in [0.2, 0.25) is 0 Å². The van der Waals surface area contributed by atoms with Crippen molar-refractivity contribution in [2.45, 2.75) is 18.9 Å². The molecule has 0 saturated carbocycles. The van der Waals surface area contributed by atoms with Crippen LogP contribution >= 0.6 is 11.3 Å². The zero-order chi connectivity index (χ0) is 14.2. The van der Waals surface area contributed by atoms with Crippen molar-refractivity contribution >= 4 is 21.2 Å². The summed E-state index contributed by atoms with van der Waals surface area (Å²) in [4.78, 5) is 4.61. The van der Waals surface area contributed by atoms with E-state index in [0.717, 1.165) is 21.8 Å². The van der Waals surface area contributed by atoms with Crippen LogP contribution in [0.3, 0.4) is 0 Å². The van der Waals surface area contributed by atoms with Crippen molar-refractivity contribution in [3.05, 3.63) is 40.2 Å². The van der Waals surface area contributed by atoms with Gasteiger partial charge in [0.25, 0.3) is 0 Å². The third kappa shape index (κ3) is 2.77. The predicted molar refractivity (Wildman–Crippen MR) is 81.5 cm³/mol. The lowest BCUT2D eigenvalue weighted by Crippen LogP contribution is -2.03. The average molecular weight is 308 g/mol. The van der Waals surface area contributed by atoms with Crippen molar-refractivity contribution in [3.63, 3.8) is 0 Å². The molecule has 1 aliphatic heterocycles. The zero-order valence-corrected chi connectivity index (χ0v) is 12.6. The van der Waals surface area contributed by atoms with Crippen LogP contribution in [-0.4, -0.2) is 24.9 Å². The molecule has 0 spiro atoms. The van der Waals surface area contributed by atoms with Gasteiger partial charge in [-0.15, -0.1) is 11.3 Å². The Balaban J connectivity index is 1.83. The Bertz CT molecular complexity index is 705. The summed E-state index contributed by atoms with van der Waals surface area (Å²) in [6, 6.07) is 8.00. The van der Waals surface area contributed by atoms with Gasteiger partial charge >= 0.3 is 0 Å². The zero-order valence-electron chi connectivity index (χ0n) is 11.0. The maximum absolute atomic E-state index is 11.5. The Labute approximate surface area is 122 Å². The van der Waals surface area contributed by atoms with Gasteiger partial charge in [-0.2, -0.15) is 0 Å². The van der Waals surface area contributed by atoms with Gasteiger partial charge in [-0.1, -0.05) is 24.3 Å². The summed E-state index contributed by atoms with van der Waals surface area (Å²) >= 11 is 1.55. The smallest absolute Gasteiger partial charge is 0.151 e. The molecule has 1 unspecified atom stereocenters. The lowest BCUT2D eigenvalue weighted by Gasteiger charge is -2.02. The van der Waals surface area contributed by atoms with E-state index in [9.17, 15) is 8.42 Å². The van der Waals surface area contributed by atoms with Crippen molar-refractivity contribution in [1.29, 1.82) is 0 Å². The lowest BCUT2D eigenvalue weighted by molar-refractivity contribution is 0.601. The molecule has 1 aromatic heterocycles. The summed E-state index contributed by atoms with van der Waals surface area (Å²) in [6.07, 6.45) is 0.696. The minimum atomic E-state index is -2.86. The first-order valence-corrected chi connectivity index (χ1v) is 9.23. The first kappa shape index (κ1) is 13.7. The summed E-state index contributed by atoms with van der Waals surface area (Å²) in [5.74, 6) is 0.603. The van der Waals surface area contributed by atoms with E-state index >= 15 is 0 Å². The summed E-state index contributed by atoms with van der Waals surface area (Å²) in [6.45, 7) is 0.530. The van der Waals surface area contributed by atoms with E-state index in [1.54, 1.807) is 11.3 Å². The fraction of sp³-hybridized carbons (Fsp3) is 0.357. The number of hydrogen-bond donors (Lipinski definition) is 1. The largest absolute Gasteiger partial charge is 0.326 e. The number of sulfone groups is 1. The first-order valence-electron chi connectivity index (χ1n) is 6.52. The van der Waals surface area contributed by atoms with E-state index < -0.39 is 9.84 Å². The van der Waals surface area contributed by atoms with E-state index in [1.807, 2.05) is 29.6 Å². The summed E-state index contributed by atoms with van der Waals surface area (Å²) in [7, 11) is -2.86. The van der Waals surface area contributed by atoms with Crippen LogP contribution in [0.4, 0.5) is 0 Å². The Morgan fingerprint density at radius 2 is 2.05 bits per heavy atom. The second-order valence-electron chi connectivity index (χ2n) is 5.07. The Morgan fingerprint density at radius 1 is 1.30 bits per heavy atom. The Kier molecular flexibility index (Phi) is 3.62. The minimum Gasteiger partial charge on any atom is -0.326 e. The van der Waals surface area contributed by atoms with Gasteiger partial charge < -0.3 is 5.73 Å². The number of benzene rings is 1. The quantitative estimate of drug-likeness (QED) is 0.943. The highest BCUT2D eigenvalue weighted by Crippen LogP contribution is 2.33. The summed E-state index contributed by atoms with van der Waals surface area (Å²) < 4.78 is 23.1. The number of aromatic nitrogens is 1. The number of rotatable bonds is 3. The van der Waals surface area contributed by atoms with Crippen LogP contribution in [0.15, 0.2) is 29.6 Å². The fourth-order valence-corrected chi connectivity index (χ4v) is 5.23. The van der Waals surface area contributed by atoms with E-state index in [4.69, 9.17) is 5.73 Å². The van der Waals surface area contributed by atoms with Gasteiger partial charge in [0.1, 0.15) is 0 Å². The van der Waals surface area contributed by atoms with E-state index in [1.165, 1.54) is 0 Å². The molecule has 0 bridgehead atoms. The molecule has 3 rings (SSSR count). The van der Waals surface area contributed by atoms with Crippen molar-refractivity contribution in [2.24, 2.45) is 5.73 Å². The molecule has 4 nitrogen and oxygen atoms in total. The SMILES string of the molecule is NCc1ccc(-c2csc(C3CCS(=O)(=O)C3)n2)cc1. The van der Waals surface area contributed by atoms with Crippen molar-refractivity contribution in [2.75, 3.05) is 11.5 Å². The standard InChI is InChI=1S/C14H16N2O2S2/c15-7-10-1-3-11(4-2-10)13-8-19-14(16-13)12-5-6-20(17,18)9-12/h1-4,8,12H,5-7,9,15H2. The highest BCUT2D eigenvalue weighted by molar-refractivity contribution is 7.91. The topological polar surface area (TPSA) is 73.1 Å². The average Bonchev–Trinajstić information content (AvgIpc) is 3.05. The molecule has 0 radical (unpaired) electrons. The predicted octanol–water partition coefficient (Wildman–Crippen LogP) is 2.17. The molecule has 106 valence electrons. The Morgan fingerprint density at radius 3 is 2.65 bits per heavy atom. The summed E-state index contributed by atoms with van der Waals surface area (Å²) in [5.41, 5.74) is 8.63. The number of hydrogen-bond acceptors (Lipinski definition) is 5. The second kappa shape index (κ2) is 5.27. The van der Waals surface area contributed by atoms with Gasteiger partial charge in [0, 0.05) is 23.4 Å². The molecular formula is C14H16N2O2S2. The van der Waals surface area contributed by atoms with Crippen LogP contribution in [0.25, 0.3) is 11.3 Å². The lowest BCUT2D eigenvalue weighted by atomic mass is 10.1. The molecule has 20 heavy (non-hydrogen) atoms. The second-order valence-corrected chi connectivity index (χ2v) is 8.19. The summed E-state index contributed by atoms with van der Waals surface area (Å²) in [5, 5.41) is 2.93. The number of nitrogens with two attached hydrogens (primary N) is 1. The van der Waals surface area contributed by atoms with Crippen molar-refractivity contribution in [3.8, 4) is 11.3 Å². The molecule has 1 fully saturated rings. The first-order chi connectivity index (χ1) is 9.57. The molecular weight excluding hydrogens is 292 g/mol. The monoisotopic (exact) mass is 308 g/mol. The van der Waals surface area contributed by atoms with Gasteiger partial charge in [0.2, 0.25) is 0 Å². The minimum absolute atomic E-state index is 0.0714. The van der Waals surface area contributed by atoms with Gasteiger partial charge in [0.15, 0.2) is 9.84 Å². The van der Waals surface area contributed by atoms with Crippen molar-refractivity contribution in [1.82, 2.24) is 4.98 Å². The highest BCUT2D eigenvalue weighted by Gasteiger charge is 2.30. The van der Waals surface area contributed by atoms with Gasteiger partial charge in [0.05, 0.1) is 22.2 Å².